The fourth-order valence-corrected chi connectivity index (χ4v) is 2.93. The number of hydrogen-bond acceptors (Lipinski definition) is 2. The van der Waals surface area contributed by atoms with Crippen LogP contribution < -0.4 is 0 Å². The average molecular weight is 256 g/mol. The second-order valence-corrected chi connectivity index (χ2v) is 6.44. The van der Waals surface area contributed by atoms with Gasteiger partial charge < -0.3 is 14.8 Å². The Kier molecular flexibility index (Phi) is 7.20. The van der Waals surface area contributed by atoms with Gasteiger partial charge in [-0.15, -0.1) is 0 Å². The van der Waals surface area contributed by atoms with Crippen molar-refractivity contribution in [1.29, 1.82) is 0 Å². The van der Waals surface area contributed by atoms with E-state index < -0.39 is 0 Å². The molecule has 108 valence electrons. The van der Waals surface area contributed by atoms with Crippen molar-refractivity contribution in [1.82, 2.24) is 4.90 Å². The lowest BCUT2D eigenvalue weighted by molar-refractivity contribution is -0.868. The standard InChI is InChI=1S/C8H17NO.C7H15N/c1-9(2,10)8-6-4-3-5-7-8;1-8-6-4-2-3-5-7-8/h8H,3-7H2,1-2H3;2-7H2,1H3. The Bertz CT molecular complexity index is 199. The summed E-state index contributed by atoms with van der Waals surface area (Å²) in [5.41, 5.74) is 0. The highest BCUT2D eigenvalue weighted by Crippen LogP contribution is 2.24. The van der Waals surface area contributed by atoms with Crippen LogP contribution in [0.1, 0.15) is 57.8 Å². The minimum Gasteiger partial charge on any atom is -0.633 e. The molecule has 0 amide bonds. The van der Waals surface area contributed by atoms with Crippen LogP contribution in [0.15, 0.2) is 0 Å². The Morgan fingerprint density at radius 1 is 0.833 bits per heavy atom. The summed E-state index contributed by atoms with van der Waals surface area (Å²) in [6.07, 6.45) is 11.8. The Morgan fingerprint density at radius 3 is 1.67 bits per heavy atom. The van der Waals surface area contributed by atoms with Crippen LogP contribution in [0, 0.1) is 5.21 Å². The Balaban J connectivity index is 0.000000184. The van der Waals surface area contributed by atoms with Crippen molar-refractivity contribution in [3.8, 4) is 0 Å². The molecule has 1 saturated heterocycles. The Hall–Kier alpha value is -0.120. The van der Waals surface area contributed by atoms with E-state index in [-0.39, 0.29) is 4.65 Å². The quantitative estimate of drug-likeness (QED) is 0.531. The van der Waals surface area contributed by atoms with E-state index >= 15 is 0 Å². The van der Waals surface area contributed by atoms with Gasteiger partial charge in [-0.1, -0.05) is 19.3 Å². The minimum atomic E-state index is -0.0833. The predicted octanol–water partition coefficient (Wildman–Crippen LogP) is 3.39. The van der Waals surface area contributed by atoms with Crippen molar-refractivity contribution in [3.63, 3.8) is 0 Å². The van der Waals surface area contributed by atoms with Crippen LogP contribution in [0.25, 0.3) is 0 Å². The molecule has 1 heterocycles. The molecule has 0 aromatic carbocycles. The largest absolute Gasteiger partial charge is 0.633 e. The van der Waals surface area contributed by atoms with Crippen LogP contribution in [0.4, 0.5) is 0 Å². The molecule has 0 bridgehead atoms. The SMILES string of the molecule is CN1CCCCCC1.C[N+](C)([O-])C1CCCCC1. The van der Waals surface area contributed by atoms with E-state index in [0.29, 0.717) is 6.04 Å². The van der Waals surface area contributed by atoms with Crippen LogP contribution in [0.2, 0.25) is 0 Å². The molecular weight excluding hydrogens is 224 g/mol. The molecule has 1 aliphatic carbocycles. The second kappa shape index (κ2) is 8.13. The zero-order valence-electron chi connectivity index (χ0n) is 12.7. The molecule has 0 unspecified atom stereocenters. The summed E-state index contributed by atoms with van der Waals surface area (Å²) in [4.78, 5) is 2.42. The molecular formula is C15H32N2O. The number of rotatable bonds is 1. The van der Waals surface area contributed by atoms with Gasteiger partial charge in [0.2, 0.25) is 0 Å². The molecule has 2 aliphatic rings. The lowest BCUT2D eigenvalue weighted by Crippen LogP contribution is -2.44. The minimum absolute atomic E-state index is 0.0833. The van der Waals surface area contributed by atoms with Gasteiger partial charge in [0.05, 0.1) is 20.1 Å². The van der Waals surface area contributed by atoms with E-state index in [4.69, 9.17) is 0 Å². The van der Waals surface area contributed by atoms with Crippen LogP contribution >= 0.6 is 0 Å². The number of quaternary nitrogens is 1. The van der Waals surface area contributed by atoms with Gasteiger partial charge in [0.15, 0.2) is 0 Å². The van der Waals surface area contributed by atoms with Crippen molar-refractivity contribution in [2.45, 2.75) is 63.8 Å². The lowest BCUT2D eigenvalue weighted by atomic mass is 9.94. The molecule has 0 aromatic rings. The van der Waals surface area contributed by atoms with Crippen LogP contribution in [0.3, 0.4) is 0 Å². The third-order valence-corrected chi connectivity index (χ3v) is 4.28. The molecule has 3 nitrogen and oxygen atoms in total. The van der Waals surface area contributed by atoms with E-state index in [1.54, 1.807) is 14.1 Å². The van der Waals surface area contributed by atoms with Gasteiger partial charge in [-0.2, -0.15) is 0 Å². The summed E-state index contributed by atoms with van der Waals surface area (Å²) in [5, 5.41) is 11.4. The average Bonchev–Trinajstić information content (AvgIpc) is 2.58. The molecule has 1 saturated carbocycles. The highest BCUT2D eigenvalue weighted by molar-refractivity contribution is 4.65. The fourth-order valence-electron chi connectivity index (χ4n) is 2.93. The smallest absolute Gasteiger partial charge is 0.0883 e. The molecule has 1 aliphatic heterocycles. The van der Waals surface area contributed by atoms with Gasteiger partial charge in [-0.3, -0.25) is 0 Å². The van der Waals surface area contributed by atoms with Crippen molar-refractivity contribution < 1.29 is 4.65 Å². The van der Waals surface area contributed by atoms with Crippen molar-refractivity contribution in [2.24, 2.45) is 0 Å². The third-order valence-electron chi connectivity index (χ3n) is 4.28. The van der Waals surface area contributed by atoms with Crippen LogP contribution in [0.5, 0.6) is 0 Å². The summed E-state index contributed by atoms with van der Waals surface area (Å²) in [6.45, 7) is 2.64. The summed E-state index contributed by atoms with van der Waals surface area (Å²) in [5.74, 6) is 0. The Labute approximate surface area is 113 Å². The number of hydrogen-bond donors (Lipinski definition) is 0. The van der Waals surface area contributed by atoms with Gasteiger partial charge in [0, 0.05) is 0 Å². The molecule has 0 atom stereocenters. The van der Waals surface area contributed by atoms with E-state index in [1.807, 2.05) is 0 Å². The van der Waals surface area contributed by atoms with Crippen molar-refractivity contribution in [2.75, 3.05) is 34.2 Å². The topological polar surface area (TPSA) is 26.3 Å². The zero-order chi connectivity index (χ0) is 13.4. The summed E-state index contributed by atoms with van der Waals surface area (Å²) in [7, 11) is 5.73. The van der Waals surface area contributed by atoms with Crippen molar-refractivity contribution in [3.05, 3.63) is 5.21 Å². The number of hydroxylamine groups is 3. The van der Waals surface area contributed by atoms with Crippen LogP contribution in [-0.4, -0.2) is 49.8 Å². The Morgan fingerprint density at radius 2 is 1.28 bits per heavy atom. The first-order valence-electron chi connectivity index (χ1n) is 7.73. The second-order valence-electron chi connectivity index (χ2n) is 6.44. The van der Waals surface area contributed by atoms with E-state index in [2.05, 4.69) is 11.9 Å². The maximum Gasteiger partial charge on any atom is 0.0883 e. The first-order valence-corrected chi connectivity index (χ1v) is 7.73. The van der Waals surface area contributed by atoms with Gasteiger partial charge >= 0.3 is 0 Å². The van der Waals surface area contributed by atoms with E-state index in [0.717, 1.165) is 12.8 Å². The van der Waals surface area contributed by atoms with Gasteiger partial charge in [-0.25, -0.2) is 0 Å². The normalized spacial score (nSPS) is 24.0. The molecule has 18 heavy (non-hydrogen) atoms. The molecule has 0 N–H and O–H groups in total. The zero-order valence-corrected chi connectivity index (χ0v) is 12.7. The summed E-state index contributed by atoms with van der Waals surface area (Å²) in [6, 6.07) is 0.383. The molecule has 2 rings (SSSR count). The van der Waals surface area contributed by atoms with Gasteiger partial charge in [0.25, 0.3) is 0 Å². The van der Waals surface area contributed by atoms with E-state index in [1.165, 1.54) is 58.0 Å². The molecule has 0 aromatic heterocycles. The molecule has 3 heteroatoms. The fraction of sp³-hybridized carbons (Fsp3) is 1.00. The number of nitrogens with zero attached hydrogens (tertiary/aromatic N) is 2. The molecule has 0 spiro atoms. The summed E-state index contributed by atoms with van der Waals surface area (Å²) < 4.78 is -0.0833. The lowest BCUT2D eigenvalue weighted by Gasteiger charge is -2.43. The van der Waals surface area contributed by atoms with Crippen LogP contribution in [-0.2, 0) is 0 Å². The predicted molar refractivity (Wildman–Crippen MR) is 78.3 cm³/mol. The first-order chi connectivity index (χ1) is 8.50. The van der Waals surface area contributed by atoms with Gasteiger partial charge in [-0.05, 0) is 58.7 Å². The first kappa shape index (κ1) is 15.9. The molecule has 0 radical (unpaired) electrons. The maximum atomic E-state index is 11.4. The maximum absolute atomic E-state index is 11.4. The van der Waals surface area contributed by atoms with Gasteiger partial charge in [0.1, 0.15) is 0 Å². The van der Waals surface area contributed by atoms with Crippen molar-refractivity contribution >= 4 is 0 Å². The highest BCUT2D eigenvalue weighted by atomic mass is 16.5. The monoisotopic (exact) mass is 256 g/mol. The third kappa shape index (κ3) is 6.72. The number of likely N-dealkylation sites (tertiary alicyclic amines) is 1. The summed E-state index contributed by atoms with van der Waals surface area (Å²) >= 11 is 0. The highest BCUT2D eigenvalue weighted by Gasteiger charge is 2.22. The van der Waals surface area contributed by atoms with E-state index in [9.17, 15) is 5.21 Å². The molecule has 2 fully saturated rings.